The van der Waals surface area contributed by atoms with Gasteiger partial charge >= 0.3 is 0 Å². The molecule has 6 heteroatoms. The Labute approximate surface area is 118 Å². The van der Waals surface area contributed by atoms with Gasteiger partial charge in [0.1, 0.15) is 0 Å². The van der Waals surface area contributed by atoms with Gasteiger partial charge in [-0.2, -0.15) is 0 Å². The van der Waals surface area contributed by atoms with Gasteiger partial charge in [-0.3, -0.25) is 4.79 Å². The van der Waals surface area contributed by atoms with Gasteiger partial charge in [-0.05, 0) is 37.5 Å². The van der Waals surface area contributed by atoms with Crippen molar-refractivity contribution in [2.75, 3.05) is 16.8 Å². The molecular weight excluding hydrogens is 276 g/mol. The molecule has 108 valence electrons. The van der Waals surface area contributed by atoms with Crippen LogP contribution in [-0.4, -0.2) is 37.9 Å². The molecular formula is C14H18N2O3S. The van der Waals surface area contributed by atoms with E-state index in [1.54, 1.807) is 12.1 Å². The predicted molar refractivity (Wildman–Crippen MR) is 77.6 cm³/mol. The summed E-state index contributed by atoms with van der Waals surface area (Å²) >= 11 is 0. The summed E-state index contributed by atoms with van der Waals surface area (Å²) in [6, 6.07) is 7.50. The van der Waals surface area contributed by atoms with E-state index in [2.05, 4.69) is 10.6 Å². The molecule has 1 amide bonds. The maximum Gasteiger partial charge on any atom is 0.251 e. The molecule has 0 radical (unpaired) electrons. The largest absolute Gasteiger partial charge is 0.381 e. The number of hydrogen-bond acceptors (Lipinski definition) is 4. The van der Waals surface area contributed by atoms with Crippen molar-refractivity contribution in [3.05, 3.63) is 29.8 Å². The number of rotatable bonds is 4. The predicted octanol–water partition coefficient (Wildman–Crippen LogP) is 1.18. The third-order valence-corrected chi connectivity index (χ3v) is 5.41. The van der Waals surface area contributed by atoms with Crippen LogP contribution in [0.4, 0.5) is 5.69 Å². The second kappa shape index (κ2) is 5.09. The standard InChI is InChI=1S/C14H18N2O3S/c17-14(16-11-4-5-11)10-2-1-3-12(8-10)15-13-6-7-20(18,19)9-13/h1-3,8,11,13,15H,4-7,9H2,(H,16,17). The first-order valence-electron chi connectivity index (χ1n) is 6.90. The third kappa shape index (κ3) is 3.30. The van der Waals surface area contributed by atoms with Crippen molar-refractivity contribution >= 4 is 21.4 Å². The van der Waals surface area contributed by atoms with Gasteiger partial charge in [-0.25, -0.2) is 8.42 Å². The van der Waals surface area contributed by atoms with E-state index >= 15 is 0 Å². The van der Waals surface area contributed by atoms with E-state index in [9.17, 15) is 13.2 Å². The number of benzene rings is 1. The van der Waals surface area contributed by atoms with Crippen LogP contribution in [-0.2, 0) is 9.84 Å². The van der Waals surface area contributed by atoms with E-state index in [-0.39, 0.29) is 23.5 Å². The van der Waals surface area contributed by atoms with Gasteiger partial charge in [0, 0.05) is 23.3 Å². The van der Waals surface area contributed by atoms with E-state index in [0.29, 0.717) is 18.0 Å². The quantitative estimate of drug-likeness (QED) is 0.874. The molecule has 0 aromatic heterocycles. The number of hydrogen-bond donors (Lipinski definition) is 2. The normalized spacial score (nSPS) is 24.3. The molecule has 1 atom stereocenters. The Kier molecular flexibility index (Phi) is 3.41. The molecule has 1 heterocycles. The Morgan fingerprint density at radius 2 is 1.95 bits per heavy atom. The number of carbonyl (C=O) groups is 1. The first-order valence-corrected chi connectivity index (χ1v) is 8.72. The molecule has 1 unspecified atom stereocenters. The molecule has 1 saturated heterocycles. The molecule has 5 nitrogen and oxygen atoms in total. The fourth-order valence-corrected chi connectivity index (χ4v) is 4.06. The zero-order valence-corrected chi connectivity index (χ0v) is 11.9. The van der Waals surface area contributed by atoms with Gasteiger partial charge in [-0.1, -0.05) is 6.07 Å². The van der Waals surface area contributed by atoms with Crippen LogP contribution in [0, 0.1) is 0 Å². The van der Waals surface area contributed by atoms with Gasteiger partial charge in [0.2, 0.25) is 0 Å². The summed E-state index contributed by atoms with van der Waals surface area (Å²) in [5.74, 6) is 0.355. The highest BCUT2D eigenvalue weighted by molar-refractivity contribution is 7.91. The lowest BCUT2D eigenvalue weighted by molar-refractivity contribution is 0.0951. The van der Waals surface area contributed by atoms with E-state index < -0.39 is 9.84 Å². The SMILES string of the molecule is O=C(NC1CC1)c1cccc(NC2CCS(=O)(=O)C2)c1. The second-order valence-electron chi connectivity index (χ2n) is 5.57. The molecule has 2 aliphatic rings. The van der Waals surface area contributed by atoms with Crippen molar-refractivity contribution in [2.24, 2.45) is 0 Å². The molecule has 2 N–H and O–H groups in total. The highest BCUT2D eigenvalue weighted by Crippen LogP contribution is 2.21. The van der Waals surface area contributed by atoms with E-state index in [0.717, 1.165) is 18.5 Å². The molecule has 1 aliphatic carbocycles. The summed E-state index contributed by atoms with van der Waals surface area (Å²) in [5.41, 5.74) is 1.42. The molecule has 1 aliphatic heterocycles. The van der Waals surface area contributed by atoms with Crippen LogP contribution in [0.5, 0.6) is 0 Å². The lowest BCUT2D eigenvalue weighted by Gasteiger charge is -2.13. The third-order valence-electron chi connectivity index (χ3n) is 3.64. The maximum absolute atomic E-state index is 12.0. The van der Waals surface area contributed by atoms with Gasteiger partial charge < -0.3 is 10.6 Å². The monoisotopic (exact) mass is 294 g/mol. The average molecular weight is 294 g/mol. The zero-order chi connectivity index (χ0) is 14.2. The van der Waals surface area contributed by atoms with Crippen molar-refractivity contribution < 1.29 is 13.2 Å². The topological polar surface area (TPSA) is 75.3 Å². The Balaban J connectivity index is 1.66. The van der Waals surface area contributed by atoms with Gasteiger partial charge in [-0.15, -0.1) is 0 Å². The smallest absolute Gasteiger partial charge is 0.251 e. The van der Waals surface area contributed by atoms with Crippen molar-refractivity contribution in [1.82, 2.24) is 5.32 Å². The Morgan fingerprint density at radius 3 is 2.60 bits per heavy atom. The summed E-state index contributed by atoms with van der Waals surface area (Å²) in [4.78, 5) is 12.0. The summed E-state index contributed by atoms with van der Waals surface area (Å²) in [6.45, 7) is 0. The highest BCUT2D eigenvalue weighted by atomic mass is 32.2. The second-order valence-corrected chi connectivity index (χ2v) is 7.80. The van der Waals surface area contributed by atoms with Gasteiger partial charge in [0.25, 0.3) is 5.91 Å². The highest BCUT2D eigenvalue weighted by Gasteiger charge is 2.28. The van der Waals surface area contributed by atoms with E-state index in [1.165, 1.54) is 0 Å². The first kappa shape index (κ1) is 13.4. The maximum atomic E-state index is 12.0. The summed E-state index contributed by atoms with van der Waals surface area (Å²) < 4.78 is 22.9. The minimum Gasteiger partial charge on any atom is -0.381 e. The Morgan fingerprint density at radius 1 is 1.15 bits per heavy atom. The molecule has 2 fully saturated rings. The summed E-state index contributed by atoms with van der Waals surface area (Å²) in [7, 11) is -2.89. The lowest BCUT2D eigenvalue weighted by Crippen LogP contribution is -2.25. The molecule has 20 heavy (non-hydrogen) atoms. The van der Waals surface area contributed by atoms with Crippen molar-refractivity contribution in [1.29, 1.82) is 0 Å². The van der Waals surface area contributed by atoms with Gasteiger partial charge in [0.05, 0.1) is 11.5 Å². The van der Waals surface area contributed by atoms with Crippen LogP contribution in [0.25, 0.3) is 0 Å². The minimum absolute atomic E-state index is 0.0539. The van der Waals surface area contributed by atoms with Crippen LogP contribution in [0.15, 0.2) is 24.3 Å². The molecule has 1 aromatic carbocycles. The van der Waals surface area contributed by atoms with Crippen LogP contribution in [0.2, 0.25) is 0 Å². The van der Waals surface area contributed by atoms with Crippen LogP contribution in [0.3, 0.4) is 0 Å². The number of sulfone groups is 1. The molecule has 0 spiro atoms. The first-order chi connectivity index (χ1) is 9.52. The minimum atomic E-state index is -2.89. The summed E-state index contributed by atoms with van der Waals surface area (Å²) in [5, 5.41) is 6.14. The van der Waals surface area contributed by atoms with Crippen molar-refractivity contribution in [2.45, 2.75) is 31.3 Å². The molecule has 3 rings (SSSR count). The van der Waals surface area contributed by atoms with Crippen LogP contribution in [0.1, 0.15) is 29.6 Å². The lowest BCUT2D eigenvalue weighted by atomic mass is 10.1. The Bertz CT molecular complexity index is 623. The van der Waals surface area contributed by atoms with E-state index in [4.69, 9.17) is 0 Å². The fraction of sp³-hybridized carbons (Fsp3) is 0.500. The molecule has 0 bridgehead atoms. The zero-order valence-electron chi connectivity index (χ0n) is 11.1. The van der Waals surface area contributed by atoms with Crippen molar-refractivity contribution in [3.63, 3.8) is 0 Å². The van der Waals surface area contributed by atoms with Crippen LogP contribution >= 0.6 is 0 Å². The fourth-order valence-electron chi connectivity index (χ4n) is 2.39. The number of anilines is 1. The molecule has 1 aromatic rings. The van der Waals surface area contributed by atoms with E-state index in [1.807, 2.05) is 12.1 Å². The number of amides is 1. The number of carbonyl (C=O) groups excluding carboxylic acids is 1. The summed E-state index contributed by atoms with van der Waals surface area (Å²) in [6.07, 6.45) is 2.74. The Hall–Kier alpha value is -1.56. The number of nitrogens with one attached hydrogen (secondary N) is 2. The van der Waals surface area contributed by atoms with Crippen molar-refractivity contribution in [3.8, 4) is 0 Å². The van der Waals surface area contributed by atoms with Gasteiger partial charge in [0.15, 0.2) is 9.84 Å². The molecule has 1 saturated carbocycles. The van der Waals surface area contributed by atoms with Crippen LogP contribution < -0.4 is 10.6 Å². The average Bonchev–Trinajstić information content (AvgIpc) is 3.14.